The van der Waals surface area contributed by atoms with Crippen molar-refractivity contribution in [1.82, 2.24) is 4.31 Å². The Morgan fingerprint density at radius 2 is 1.57 bits per heavy atom. The zero-order valence-electron chi connectivity index (χ0n) is 13.3. The van der Waals surface area contributed by atoms with Gasteiger partial charge in [-0.1, -0.05) is 32.9 Å². The molecule has 0 atom stereocenters. The second-order valence-corrected chi connectivity index (χ2v) is 9.11. The van der Waals surface area contributed by atoms with Crippen LogP contribution in [-0.2, 0) is 15.4 Å². The first-order valence-electron chi connectivity index (χ1n) is 7.35. The third-order valence-electron chi connectivity index (χ3n) is 4.16. The second-order valence-electron chi connectivity index (χ2n) is 7.18. The molecule has 1 heterocycles. The summed E-state index contributed by atoms with van der Waals surface area (Å²) in [7, 11) is -3.45. The fourth-order valence-electron chi connectivity index (χ4n) is 2.48. The lowest BCUT2D eigenvalue weighted by molar-refractivity contribution is 0.0126. The summed E-state index contributed by atoms with van der Waals surface area (Å²) in [5, 5.41) is 9.93. The Morgan fingerprint density at radius 1 is 1.10 bits per heavy atom. The van der Waals surface area contributed by atoms with Crippen LogP contribution in [0.2, 0.25) is 0 Å². The average molecular weight is 311 g/mol. The van der Waals surface area contributed by atoms with E-state index in [0.29, 0.717) is 30.8 Å². The molecule has 0 radical (unpaired) electrons. The van der Waals surface area contributed by atoms with Crippen LogP contribution in [0.1, 0.15) is 46.1 Å². The maximum Gasteiger partial charge on any atom is 0.243 e. The van der Waals surface area contributed by atoms with Gasteiger partial charge in [-0.25, -0.2) is 8.42 Å². The van der Waals surface area contributed by atoms with Crippen molar-refractivity contribution in [2.75, 3.05) is 13.1 Å². The first-order valence-corrected chi connectivity index (χ1v) is 8.79. The van der Waals surface area contributed by atoms with Gasteiger partial charge in [-0.05, 0) is 42.9 Å². The van der Waals surface area contributed by atoms with Crippen LogP contribution in [0, 0.1) is 0 Å². The topological polar surface area (TPSA) is 57.6 Å². The van der Waals surface area contributed by atoms with Crippen LogP contribution in [0.4, 0.5) is 0 Å². The highest BCUT2D eigenvalue weighted by Gasteiger charge is 2.34. The lowest BCUT2D eigenvalue weighted by atomic mass is 9.87. The highest BCUT2D eigenvalue weighted by Crippen LogP contribution is 2.28. The molecule has 2 rings (SSSR count). The molecule has 1 saturated heterocycles. The van der Waals surface area contributed by atoms with Crippen molar-refractivity contribution < 1.29 is 13.5 Å². The number of benzene rings is 1. The van der Waals surface area contributed by atoms with Crippen molar-refractivity contribution in [2.24, 2.45) is 0 Å². The molecule has 21 heavy (non-hydrogen) atoms. The predicted octanol–water partition coefficient (Wildman–Crippen LogP) is 2.52. The number of hydrogen-bond donors (Lipinski definition) is 1. The molecule has 1 aromatic rings. The molecule has 0 unspecified atom stereocenters. The van der Waals surface area contributed by atoms with E-state index >= 15 is 0 Å². The van der Waals surface area contributed by atoms with E-state index in [1.54, 1.807) is 19.1 Å². The van der Waals surface area contributed by atoms with Crippen LogP contribution < -0.4 is 0 Å². The Bertz CT molecular complexity index is 587. The van der Waals surface area contributed by atoms with E-state index in [1.807, 2.05) is 12.1 Å². The molecule has 1 aliphatic heterocycles. The van der Waals surface area contributed by atoms with Crippen LogP contribution in [0.3, 0.4) is 0 Å². The fourth-order valence-corrected chi connectivity index (χ4v) is 3.93. The average Bonchev–Trinajstić information content (AvgIpc) is 2.37. The summed E-state index contributed by atoms with van der Waals surface area (Å²) in [6, 6.07) is 7.13. The number of sulfonamides is 1. The molecule has 5 heteroatoms. The van der Waals surface area contributed by atoms with Crippen molar-refractivity contribution in [1.29, 1.82) is 0 Å². The summed E-state index contributed by atoms with van der Waals surface area (Å²) in [6.45, 7) is 8.80. The molecule has 0 bridgehead atoms. The molecule has 0 spiro atoms. The van der Waals surface area contributed by atoms with E-state index < -0.39 is 15.6 Å². The maximum atomic E-state index is 12.6. The van der Waals surface area contributed by atoms with Gasteiger partial charge in [0, 0.05) is 13.1 Å². The number of aliphatic hydroxyl groups is 1. The van der Waals surface area contributed by atoms with E-state index in [9.17, 15) is 13.5 Å². The van der Waals surface area contributed by atoms with Gasteiger partial charge in [-0.3, -0.25) is 0 Å². The lowest BCUT2D eigenvalue weighted by Crippen LogP contribution is -2.45. The molecular formula is C16H25NO3S. The number of rotatable bonds is 2. The molecule has 0 saturated carbocycles. The number of nitrogens with zero attached hydrogens (tertiary/aromatic N) is 1. The molecule has 0 aromatic heterocycles. The highest BCUT2D eigenvalue weighted by atomic mass is 32.2. The third-order valence-corrected chi connectivity index (χ3v) is 6.07. The van der Waals surface area contributed by atoms with Gasteiger partial charge in [0.15, 0.2) is 0 Å². The molecule has 1 fully saturated rings. The summed E-state index contributed by atoms with van der Waals surface area (Å²) in [4.78, 5) is 0.331. The van der Waals surface area contributed by atoms with Gasteiger partial charge in [0.25, 0.3) is 0 Å². The lowest BCUT2D eigenvalue weighted by Gasteiger charge is -2.35. The van der Waals surface area contributed by atoms with Crippen molar-refractivity contribution in [3.8, 4) is 0 Å². The van der Waals surface area contributed by atoms with Gasteiger partial charge in [0.2, 0.25) is 10.0 Å². The minimum atomic E-state index is -3.45. The first-order chi connectivity index (χ1) is 9.52. The Hall–Kier alpha value is -0.910. The van der Waals surface area contributed by atoms with Crippen LogP contribution >= 0.6 is 0 Å². The first kappa shape index (κ1) is 16.5. The monoisotopic (exact) mass is 311 g/mol. The molecule has 0 aliphatic carbocycles. The van der Waals surface area contributed by atoms with Crippen LogP contribution in [-0.4, -0.2) is 36.5 Å². The summed E-state index contributed by atoms with van der Waals surface area (Å²) >= 11 is 0. The number of hydrogen-bond acceptors (Lipinski definition) is 3. The van der Waals surface area contributed by atoms with E-state index in [1.165, 1.54) is 4.31 Å². The smallest absolute Gasteiger partial charge is 0.243 e. The van der Waals surface area contributed by atoms with Crippen molar-refractivity contribution in [2.45, 2.75) is 56.4 Å². The van der Waals surface area contributed by atoms with Crippen molar-refractivity contribution in [3.05, 3.63) is 29.8 Å². The zero-order valence-corrected chi connectivity index (χ0v) is 14.1. The quantitative estimate of drug-likeness (QED) is 0.913. The molecular weight excluding hydrogens is 286 g/mol. The highest BCUT2D eigenvalue weighted by molar-refractivity contribution is 7.89. The van der Waals surface area contributed by atoms with E-state index in [-0.39, 0.29) is 5.41 Å². The number of piperidine rings is 1. The normalized spacial score (nSPS) is 20.4. The second kappa shape index (κ2) is 5.38. The Morgan fingerprint density at radius 3 is 2.00 bits per heavy atom. The van der Waals surface area contributed by atoms with Gasteiger partial charge >= 0.3 is 0 Å². The largest absolute Gasteiger partial charge is 0.390 e. The molecule has 1 N–H and O–H groups in total. The van der Waals surface area contributed by atoms with Gasteiger partial charge in [-0.15, -0.1) is 0 Å². The molecule has 4 nitrogen and oxygen atoms in total. The summed E-state index contributed by atoms with van der Waals surface area (Å²) in [5.41, 5.74) is 0.372. The Balaban J connectivity index is 2.21. The van der Waals surface area contributed by atoms with Crippen LogP contribution in [0.15, 0.2) is 29.2 Å². The SMILES string of the molecule is CC1(O)CCN(S(=O)(=O)c2ccc(C(C)(C)C)cc2)CC1. The zero-order chi connectivity index (χ0) is 15.9. The van der Waals surface area contributed by atoms with Crippen molar-refractivity contribution >= 4 is 10.0 Å². The Labute approximate surface area is 127 Å². The van der Waals surface area contributed by atoms with E-state index in [2.05, 4.69) is 20.8 Å². The standard InChI is InChI=1S/C16H25NO3S/c1-15(2,3)13-5-7-14(8-6-13)21(19,20)17-11-9-16(4,18)10-12-17/h5-8,18H,9-12H2,1-4H3. The predicted molar refractivity (Wildman–Crippen MR) is 83.8 cm³/mol. The summed E-state index contributed by atoms with van der Waals surface area (Å²) < 4.78 is 26.7. The summed E-state index contributed by atoms with van der Waals surface area (Å²) in [6.07, 6.45) is 0.957. The molecule has 1 aliphatic rings. The fraction of sp³-hybridized carbons (Fsp3) is 0.625. The van der Waals surface area contributed by atoms with Gasteiger partial charge in [0.05, 0.1) is 10.5 Å². The third kappa shape index (κ3) is 3.65. The summed E-state index contributed by atoms with van der Waals surface area (Å²) in [5.74, 6) is 0. The molecule has 1 aromatic carbocycles. The Kier molecular flexibility index (Phi) is 4.21. The van der Waals surface area contributed by atoms with Gasteiger partial charge < -0.3 is 5.11 Å². The minimum Gasteiger partial charge on any atom is -0.390 e. The van der Waals surface area contributed by atoms with E-state index in [0.717, 1.165) is 5.56 Å². The van der Waals surface area contributed by atoms with Gasteiger partial charge in [0.1, 0.15) is 0 Å². The minimum absolute atomic E-state index is 0.00607. The maximum absolute atomic E-state index is 12.6. The van der Waals surface area contributed by atoms with Crippen LogP contribution in [0.25, 0.3) is 0 Å². The van der Waals surface area contributed by atoms with Gasteiger partial charge in [-0.2, -0.15) is 4.31 Å². The van der Waals surface area contributed by atoms with E-state index in [4.69, 9.17) is 0 Å². The molecule has 0 amide bonds. The van der Waals surface area contributed by atoms with Crippen molar-refractivity contribution in [3.63, 3.8) is 0 Å². The van der Waals surface area contributed by atoms with Crippen LogP contribution in [0.5, 0.6) is 0 Å². The molecule has 118 valence electrons.